The molecular weight excluding hydrogens is 178 g/mol. The molecule has 5 heteroatoms. The van der Waals surface area contributed by atoms with Crippen LogP contribution in [0, 0.1) is 0 Å². The van der Waals surface area contributed by atoms with Crippen LogP contribution in [0.2, 0.25) is 0 Å². The normalized spacial score (nSPS) is 12.7. The first-order valence-electron chi connectivity index (χ1n) is 4.34. The second-order valence-electron chi connectivity index (χ2n) is 3.08. The van der Waals surface area contributed by atoms with Crippen LogP contribution in [0.15, 0.2) is 31.0 Å². The van der Waals surface area contributed by atoms with Gasteiger partial charge in [-0.2, -0.15) is 5.10 Å². The van der Waals surface area contributed by atoms with Crippen molar-refractivity contribution in [1.82, 2.24) is 19.7 Å². The molecule has 0 spiro atoms. The first kappa shape index (κ1) is 8.83. The molecule has 2 aromatic rings. The standard InChI is InChI=1S/C9H11N5/c1-7(10)8-2-3-12-9(4-8)14-6-11-5-13-14/h2-7H,10H2,1H3. The smallest absolute Gasteiger partial charge is 0.155 e. The van der Waals surface area contributed by atoms with Gasteiger partial charge in [0.2, 0.25) is 0 Å². The maximum Gasteiger partial charge on any atom is 0.155 e. The van der Waals surface area contributed by atoms with E-state index in [2.05, 4.69) is 15.1 Å². The van der Waals surface area contributed by atoms with Gasteiger partial charge >= 0.3 is 0 Å². The van der Waals surface area contributed by atoms with E-state index in [1.54, 1.807) is 17.2 Å². The number of nitrogens with zero attached hydrogens (tertiary/aromatic N) is 4. The Hall–Kier alpha value is -1.75. The van der Waals surface area contributed by atoms with Gasteiger partial charge < -0.3 is 5.73 Å². The molecule has 14 heavy (non-hydrogen) atoms. The SMILES string of the molecule is CC(N)c1ccnc(-n2cncn2)c1. The molecule has 5 nitrogen and oxygen atoms in total. The fourth-order valence-corrected chi connectivity index (χ4v) is 1.17. The Labute approximate surface area is 81.6 Å². The van der Waals surface area contributed by atoms with Crippen molar-refractivity contribution < 1.29 is 0 Å². The summed E-state index contributed by atoms with van der Waals surface area (Å²) in [6.45, 7) is 1.93. The van der Waals surface area contributed by atoms with E-state index in [0.29, 0.717) is 0 Å². The molecule has 0 fully saturated rings. The van der Waals surface area contributed by atoms with Gasteiger partial charge in [0.15, 0.2) is 5.82 Å². The van der Waals surface area contributed by atoms with Crippen molar-refractivity contribution in [2.75, 3.05) is 0 Å². The van der Waals surface area contributed by atoms with E-state index < -0.39 is 0 Å². The molecular formula is C9H11N5. The van der Waals surface area contributed by atoms with E-state index in [0.717, 1.165) is 11.4 Å². The van der Waals surface area contributed by atoms with Crippen molar-refractivity contribution in [2.45, 2.75) is 13.0 Å². The van der Waals surface area contributed by atoms with Crippen LogP contribution in [0.25, 0.3) is 5.82 Å². The molecule has 0 aliphatic rings. The van der Waals surface area contributed by atoms with Gasteiger partial charge in [-0.25, -0.2) is 14.6 Å². The van der Waals surface area contributed by atoms with E-state index in [9.17, 15) is 0 Å². The predicted octanol–water partition coefficient (Wildman–Crippen LogP) is 0.682. The van der Waals surface area contributed by atoms with Crippen molar-refractivity contribution in [3.63, 3.8) is 0 Å². The lowest BCUT2D eigenvalue weighted by Gasteiger charge is -2.06. The minimum atomic E-state index is 0.000251. The first-order chi connectivity index (χ1) is 6.77. The lowest BCUT2D eigenvalue weighted by atomic mass is 10.1. The minimum absolute atomic E-state index is 0.000251. The summed E-state index contributed by atoms with van der Waals surface area (Å²) in [4.78, 5) is 8.02. The molecule has 2 aromatic heterocycles. The van der Waals surface area contributed by atoms with Crippen molar-refractivity contribution in [1.29, 1.82) is 0 Å². The zero-order valence-electron chi connectivity index (χ0n) is 7.83. The lowest BCUT2D eigenvalue weighted by Crippen LogP contribution is -2.07. The molecule has 1 unspecified atom stereocenters. The highest BCUT2D eigenvalue weighted by molar-refractivity contribution is 5.27. The third kappa shape index (κ3) is 1.62. The van der Waals surface area contributed by atoms with E-state index >= 15 is 0 Å². The van der Waals surface area contributed by atoms with Crippen LogP contribution < -0.4 is 5.73 Å². The quantitative estimate of drug-likeness (QED) is 0.754. The predicted molar refractivity (Wildman–Crippen MR) is 51.8 cm³/mol. The summed E-state index contributed by atoms with van der Waals surface area (Å²) in [5.41, 5.74) is 6.80. The molecule has 2 N–H and O–H groups in total. The topological polar surface area (TPSA) is 69.6 Å². The Morgan fingerprint density at radius 1 is 1.50 bits per heavy atom. The maximum atomic E-state index is 5.76. The van der Waals surface area contributed by atoms with Gasteiger partial charge in [-0.05, 0) is 24.6 Å². The zero-order chi connectivity index (χ0) is 9.97. The van der Waals surface area contributed by atoms with E-state index in [1.165, 1.54) is 6.33 Å². The second kappa shape index (κ2) is 3.55. The largest absolute Gasteiger partial charge is 0.324 e. The highest BCUT2D eigenvalue weighted by Crippen LogP contribution is 2.11. The Morgan fingerprint density at radius 3 is 3.00 bits per heavy atom. The molecule has 2 rings (SSSR count). The molecule has 0 radical (unpaired) electrons. The number of nitrogens with two attached hydrogens (primary N) is 1. The molecule has 0 bridgehead atoms. The van der Waals surface area contributed by atoms with Gasteiger partial charge in [0.1, 0.15) is 12.7 Å². The average Bonchev–Trinajstić information content (AvgIpc) is 2.71. The fraction of sp³-hybridized carbons (Fsp3) is 0.222. The molecule has 0 amide bonds. The summed E-state index contributed by atoms with van der Waals surface area (Å²) < 4.78 is 1.60. The van der Waals surface area contributed by atoms with Crippen LogP contribution in [0.5, 0.6) is 0 Å². The summed E-state index contributed by atoms with van der Waals surface area (Å²) in [5.74, 6) is 0.734. The van der Waals surface area contributed by atoms with Gasteiger partial charge in [-0.15, -0.1) is 0 Å². The van der Waals surface area contributed by atoms with Crippen LogP contribution >= 0.6 is 0 Å². The van der Waals surface area contributed by atoms with E-state index in [4.69, 9.17) is 5.73 Å². The summed E-state index contributed by atoms with van der Waals surface area (Å²) in [5, 5.41) is 3.99. The van der Waals surface area contributed by atoms with Gasteiger partial charge in [-0.3, -0.25) is 0 Å². The lowest BCUT2D eigenvalue weighted by molar-refractivity contribution is 0.796. The molecule has 0 aromatic carbocycles. The van der Waals surface area contributed by atoms with Gasteiger partial charge in [0.05, 0.1) is 0 Å². The number of aromatic nitrogens is 4. The Bertz CT molecular complexity index is 407. The van der Waals surface area contributed by atoms with Crippen molar-refractivity contribution >= 4 is 0 Å². The van der Waals surface area contributed by atoms with E-state index in [-0.39, 0.29) is 6.04 Å². The van der Waals surface area contributed by atoms with Crippen LogP contribution in [-0.4, -0.2) is 19.7 Å². The number of rotatable bonds is 2. The minimum Gasteiger partial charge on any atom is -0.324 e. The Balaban J connectivity index is 2.41. The summed E-state index contributed by atoms with van der Waals surface area (Å²) >= 11 is 0. The molecule has 0 saturated carbocycles. The molecule has 0 aliphatic carbocycles. The van der Waals surface area contributed by atoms with Crippen molar-refractivity contribution in [3.05, 3.63) is 36.5 Å². The second-order valence-corrected chi connectivity index (χ2v) is 3.08. The number of hydrogen-bond acceptors (Lipinski definition) is 4. The molecule has 2 heterocycles. The highest BCUT2D eigenvalue weighted by atomic mass is 15.3. The summed E-state index contributed by atoms with van der Waals surface area (Å²) in [6.07, 6.45) is 4.79. The zero-order valence-corrected chi connectivity index (χ0v) is 7.83. The molecule has 72 valence electrons. The van der Waals surface area contributed by atoms with E-state index in [1.807, 2.05) is 19.1 Å². The van der Waals surface area contributed by atoms with Crippen LogP contribution in [0.1, 0.15) is 18.5 Å². The molecule has 0 saturated heterocycles. The van der Waals surface area contributed by atoms with Crippen LogP contribution in [-0.2, 0) is 0 Å². The fourth-order valence-electron chi connectivity index (χ4n) is 1.17. The van der Waals surface area contributed by atoms with Gasteiger partial charge in [-0.1, -0.05) is 0 Å². The van der Waals surface area contributed by atoms with Crippen molar-refractivity contribution in [2.24, 2.45) is 5.73 Å². The third-order valence-corrected chi connectivity index (χ3v) is 1.95. The summed E-state index contributed by atoms with van der Waals surface area (Å²) in [6, 6.07) is 3.80. The van der Waals surface area contributed by atoms with Crippen LogP contribution in [0.4, 0.5) is 0 Å². The molecule has 0 aliphatic heterocycles. The highest BCUT2D eigenvalue weighted by Gasteiger charge is 2.02. The van der Waals surface area contributed by atoms with Crippen molar-refractivity contribution in [3.8, 4) is 5.82 Å². The summed E-state index contributed by atoms with van der Waals surface area (Å²) in [7, 11) is 0. The Morgan fingerprint density at radius 2 is 2.36 bits per heavy atom. The van der Waals surface area contributed by atoms with Crippen LogP contribution in [0.3, 0.4) is 0 Å². The third-order valence-electron chi connectivity index (χ3n) is 1.95. The van der Waals surface area contributed by atoms with Gasteiger partial charge in [0, 0.05) is 12.2 Å². The number of hydrogen-bond donors (Lipinski definition) is 1. The monoisotopic (exact) mass is 189 g/mol. The maximum absolute atomic E-state index is 5.76. The molecule has 1 atom stereocenters. The number of pyridine rings is 1. The van der Waals surface area contributed by atoms with Gasteiger partial charge in [0.25, 0.3) is 0 Å². The average molecular weight is 189 g/mol. The Kier molecular flexibility index (Phi) is 2.24. The first-order valence-corrected chi connectivity index (χ1v) is 4.34.